The van der Waals surface area contributed by atoms with Crippen LogP contribution in [0.15, 0.2) is 42.5 Å². The fraction of sp³-hybridized carbons (Fsp3) is 0.250. The van der Waals surface area contributed by atoms with Gasteiger partial charge in [-0.25, -0.2) is 0 Å². The SMILES string of the molecule is COc1ccc(C(N)c2ccc(OC)c(OC)c2)cc1. The van der Waals surface area contributed by atoms with Crippen LogP contribution in [0.1, 0.15) is 17.2 Å². The minimum Gasteiger partial charge on any atom is -0.497 e. The van der Waals surface area contributed by atoms with E-state index in [-0.39, 0.29) is 6.04 Å². The molecule has 0 aliphatic carbocycles. The molecular weight excluding hydrogens is 254 g/mol. The molecule has 0 amide bonds. The van der Waals surface area contributed by atoms with Crippen LogP contribution in [-0.4, -0.2) is 21.3 Å². The molecule has 106 valence electrons. The normalized spacial score (nSPS) is 11.8. The standard InChI is InChI=1S/C16H19NO3/c1-18-13-7-4-11(5-8-13)16(17)12-6-9-14(19-2)15(10-12)20-3/h4-10,16H,17H2,1-3H3. The average Bonchev–Trinajstić information content (AvgIpc) is 2.53. The molecule has 0 aliphatic heterocycles. The number of ether oxygens (including phenoxy) is 3. The van der Waals surface area contributed by atoms with Crippen molar-refractivity contribution in [3.8, 4) is 17.2 Å². The minimum atomic E-state index is -0.222. The second-order valence-corrected chi connectivity index (χ2v) is 4.37. The molecule has 1 atom stereocenters. The first-order valence-electron chi connectivity index (χ1n) is 6.31. The summed E-state index contributed by atoms with van der Waals surface area (Å²) in [6, 6.07) is 13.2. The van der Waals surface area contributed by atoms with Gasteiger partial charge in [0.05, 0.1) is 27.4 Å². The molecule has 0 fully saturated rings. The van der Waals surface area contributed by atoms with Crippen molar-refractivity contribution in [1.29, 1.82) is 0 Å². The summed E-state index contributed by atoms with van der Waals surface area (Å²) in [4.78, 5) is 0. The van der Waals surface area contributed by atoms with Crippen LogP contribution in [0.2, 0.25) is 0 Å². The minimum absolute atomic E-state index is 0.222. The van der Waals surface area contributed by atoms with E-state index in [1.807, 2.05) is 42.5 Å². The Morgan fingerprint density at radius 2 is 1.35 bits per heavy atom. The molecule has 0 saturated carbocycles. The number of methoxy groups -OCH3 is 3. The molecule has 0 aliphatic rings. The largest absolute Gasteiger partial charge is 0.497 e. The molecule has 0 aromatic heterocycles. The highest BCUT2D eigenvalue weighted by molar-refractivity contribution is 5.46. The van der Waals surface area contributed by atoms with Crippen molar-refractivity contribution < 1.29 is 14.2 Å². The highest BCUT2D eigenvalue weighted by atomic mass is 16.5. The van der Waals surface area contributed by atoms with E-state index in [9.17, 15) is 0 Å². The molecule has 2 rings (SSSR count). The second-order valence-electron chi connectivity index (χ2n) is 4.37. The molecule has 4 nitrogen and oxygen atoms in total. The number of benzene rings is 2. The Morgan fingerprint density at radius 3 is 1.90 bits per heavy atom. The monoisotopic (exact) mass is 273 g/mol. The van der Waals surface area contributed by atoms with E-state index >= 15 is 0 Å². The summed E-state index contributed by atoms with van der Waals surface area (Å²) in [5.74, 6) is 2.18. The van der Waals surface area contributed by atoms with Crippen molar-refractivity contribution >= 4 is 0 Å². The molecule has 0 spiro atoms. The number of hydrogen-bond donors (Lipinski definition) is 1. The highest BCUT2D eigenvalue weighted by Gasteiger charge is 2.12. The summed E-state index contributed by atoms with van der Waals surface area (Å²) in [5, 5.41) is 0. The maximum atomic E-state index is 6.29. The van der Waals surface area contributed by atoms with Gasteiger partial charge in [-0.05, 0) is 35.4 Å². The van der Waals surface area contributed by atoms with E-state index < -0.39 is 0 Å². The smallest absolute Gasteiger partial charge is 0.161 e. The van der Waals surface area contributed by atoms with Gasteiger partial charge in [0.25, 0.3) is 0 Å². The maximum absolute atomic E-state index is 6.29. The molecule has 20 heavy (non-hydrogen) atoms. The zero-order valence-corrected chi connectivity index (χ0v) is 11.9. The zero-order valence-electron chi connectivity index (χ0n) is 11.9. The molecule has 2 aromatic carbocycles. The lowest BCUT2D eigenvalue weighted by atomic mass is 9.99. The summed E-state index contributed by atoms with van der Waals surface area (Å²) in [7, 11) is 4.87. The van der Waals surface area contributed by atoms with E-state index in [1.54, 1.807) is 21.3 Å². The quantitative estimate of drug-likeness (QED) is 0.910. The third kappa shape index (κ3) is 2.86. The first kappa shape index (κ1) is 14.2. The Kier molecular flexibility index (Phi) is 4.48. The molecule has 0 bridgehead atoms. The topological polar surface area (TPSA) is 53.7 Å². The van der Waals surface area contributed by atoms with Crippen LogP contribution < -0.4 is 19.9 Å². The van der Waals surface area contributed by atoms with Gasteiger partial charge in [0.15, 0.2) is 11.5 Å². The third-order valence-electron chi connectivity index (χ3n) is 3.24. The van der Waals surface area contributed by atoms with E-state index in [4.69, 9.17) is 19.9 Å². The predicted molar refractivity (Wildman–Crippen MR) is 78.6 cm³/mol. The van der Waals surface area contributed by atoms with Gasteiger partial charge in [0.2, 0.25) is 0 Å². The van der Waals surface area contributed by atoms with Gasteiger partial charge >= 0.3 is 0 Å². The van der Waals surface area contributed by atoms with Crippen LogP contribution in [0.4, 0.5) is 0 Å². The molecule has 2 aromatic rings. The number of nitrogens with two attached hydrogens (primary N) is 1. The van der Waals surface area contributed by atoms with Crippen molar-refractivity contribution in [3.05, 3.63) is 53.6 Å². The van der Waals surface area contributed by atoms with Crippen molar-refractivity contribution in [3.63, 3.8) is 0 Å². The lowest BCUT2D eigenvalue weighted by Crippen LogP contribution is -2.12. The third-order valence-corrected chi connectivity index (χ3v) is 3.24. The van der Waals surface area contributed by atoms with Gasteiger partial charge in [-0.1, -0.05) is 18.2 Å². The molecule has 0 saturated heterocycles. The van der Waals surface area contributed by atoms with Crippen LogP contribution in [-0.2, 0) is 0 Å². The van der Waals surface area contributed by atoms with E-state index in [1.165, 1.54) is 0 Å². The summed E-state index contributed by atoms with van der Waals surface area (Å²) in [6.45, 7) is 0. The van der Waals surface area contributed by atoms with Gasteiger partial charge in [-0.15, -0.1) is 0 Å². The summed E-state index contributed by atoms with van der Waals surface area (Å²) in [6.07, 6.45) is 0. The first-order valence-corrected chi connectivity index (χ1v) is 6.31. The summed E-state index contributed by atoms with van der Waals surface area (Å²) < 4.78 is 15.7. The molecule has 0 heterocycles. The zero-order chi connectivity index (χ0) is 14.5. The van der Waals surface area contributed by atoms with E-state index in [0.717, 1.165) is 16.9 Å². The molecule has 4 heteroatoms. The van der Waals surface area contributed by atoms with Gasteiger partial charge in [-0.2, -0.15) is 0 Å². The second kappa shape index (κ2) is 6.30. The van der Waals surface area contributed by atoms with Crippen molar-refractivity contribution in [2.24, 2.45) is 5.73 Å². The average molecular weight is 273 g/mol. The van der Waals surface area contributed by atoms with E-state index in [0.29, 0.717) is 11.5 Å². The molecule has 1 unspecified atom stereocenters. The van der Waals surface area contributed by atoms with Gasteiger partial charge < -0.3 is 19.9 Å². The number of hydrogen-bond acceptors (Lipinski definition) is 4. The fourth-order valence-corrected chi connectivity index (χ4v) is 2.05. The lowest BCUT2D eigenvalue weighted by Gasteiger charge is -2.15. The van der Waals surface area contributed by atoms with E-state index in [2.05, 4.69) is 0 Å². The van der Waals surface area contributed by atoms with Gasteiger partial charge in [0, 0.05) is 0 Å². The molecular formula is C16H19NO3. The van der Waals surface area contributed by atoms with Crippen molar-refractivity contribution in [2.75, 3.05) is 21.3 Å². The van der Waals surface area contributed by atoms with Crippen LogP contribution in [0.3, 0.4) is 0 Å². The van der Waals surface area contributed by atoms with Crippen molar-refractivity contribution in [2.45, 2.75) is 6.04 Å². The first-order chi connectivity index (χ1) is 9.69. The Morgan fingerprint density at radius 1 is 0.750 bits per heavy atom. The lowest BCUT2D eigenvalue weighted by molar-refractivity contribution is 0.354. The fourth-order valence-electron chi connectivity index (χ4n) is 2.05. The van der Waals surface area contributed by atoms with Crippen LogP contribution >= 0.6 is 0 Å². The maximum Gasteiger partial charge on any atom is 0.161 e. The molecule has 0 radical (unpaired) electrons. The Hall–Kier alpha value is -2.20. The van der Waals surface area contributed by atoms with Crippen LogP contribution in [0.5, 0.6) is 17.2 Å². The van der Waals surface area contributed by atoms with Crippen LogP contribution in [0, 0.1) is 0 Å². The predicted octanol–water partition coefficient (Wildman–Crippen LogP) is 2.76. The van der Waals surface area contributed by atoms with Gasteiger partial charge in [0.1, 0.15) is 5.75 Å². The Labute approximate surface area is 119 Å². The van der Waals surface area contributed by atoms with Crippen LogP contribution in [0.25, 0.3) is 0 Å². The van der Waals surface area contributed by atoms with Crippen molar-refractivity contribution in [1.82, 2.24) is 0 Å². The highest BCUT2D eigenvalue weighted by Crippen LogP contribution is 2.31. The summed E-state index contributed by atoms with van der Waals surface area (Å²) in [5.41, 5.74) is 8.26. The molecule has 2 N–H and O–H groups in total. The Balaban J connectivity index is 2.29. The number of rotatable bonds is 5. The van der Waals surface area contributed by atoms with Gasteiger partial charge in [-0.3, -0.25) is 0 Å². The summed E-state index contributed by atoms with van der Waals surface area (Å²) >= 11 is 0. The Bertz CT molecular complexity index is 566.